The van der Waals surface area contributed by atoms with Gasteiger partial charge < -0.3 is 5.32 Å². The second kappa shape index (κ2) is 5.82. The van der Waals surface area contributed by atoms with Crippen LogP contribution in [0.1, 0.15) is 24.9 Å². The molecule has 1 aromatic rings. The fourth-order valence-electron chi connectivity index (χ4n) is 1.39. The molecule has 1 aromatic carbocycles. The monoisotopic (exact) mass is 313 g/mol. The standard InChI is InChI=1S/C11H12BrF4N/c1-7(17-5-4-11(14,15)16)9-6-8(12)2-3-10(9)13/h2-3,6-7,17H,4-5H2,1H3. The summed E-state index contributed by atoms with van der Waals surface area (Å²) in [6, 6.07) is 3.92. The second-order valence-electron chi connectivity index (χ2n) is 3.71. The Balaban J connectivity index is 2.58. The van der Waals surface area contributed by atoms with E-state index in [4.69, 9.17) is 0 Å². The first-order chi connectivity index (χ1) is 7.79. The third-order valence-corrected chi connectivity index (χ3v) is 2.78. The summed E-state index contributed by atoms with van der Waals surface area (Å²) < 4.78 is 49.9. The fraction of sp³-hybridized carbons (Fsp3) is 0.455. The minimum atomic E-state index is -4.19. The topological polar surface area (TPSA) is 12.0 Å². The van der Waals surface area contributed by atoms with Gasteiger partial charge in [0, 0.05) is 22.6 Å². The lowest BCUT2D eigenvalue weighted by atomic mass is 10.1. The number of hydrogen-bond donors (Lipinski definition) is 1. The summed E-state index contributed by atoms with van der Waals surface area (Å²) in [4.78, 5) is 0. The molecule has 0 fully saturated rings. The number of benzene rings is 1. The highest BCUT2D eigenvalue weighted by Gasteiger charge is 2.26. The van der Waals surface area contributed by atoms with Crippen molar-refractivity contribution in [3.8, 4) is 0 Å². The van der Waals surface area contributed by atoms with Crippen LogP contribution in [0, 0.1) is 5.82 Å². The van der Waals surface area contributed by atoms with E-state index in [0.717, 1.165) is 0 Å². The van der Waals surface area contributed by atoms with Crippen molar-refractivity contribution in [1.29, 1.82) is 0 Å². The average Bonchev–Trinajstić information content (AvgIpc) is 2.19. The molecule has 0 amide bonds. The average molecular weight is 314 g/mol. The van der Waals surface area contributed by atoms with Crippen LogP contribution in [-0.2, 0) is 0 Å². The molecule has 1 atom stereocenters. The van der Waals surface area contributed by atoms with Crippen molar-refractivity contribution >= 4 is 15.9 Å². The van der Waals surface area contributed by atoms with Gasteiger partial charge in [-0.05, 0) is 25.1 Å². The van der Waals surface area contributed by atoms with Crippen molar-refractivity contribution < 1.29 is 17.6 Å². The number of alkyl halides is 3. The van der Waals surface area contributed by atoms with Gasteiger partial charge in [-0.25, -0.2) is 4.39 Å². The molecule has 1 unspecified atom stereocenters. The Morgan fingerprint density at radius 3 is 2.59 bits per heavy atom. The maximum atomic E-state index is 13.4. The molecular formula is C11H12BrF4N. The summed E-state index contributed by atoms with van der Waals surface area (Å²) >= 11 is 3.19. The normalized spacial score (nSPS) is 13.8. The molecular weight excluding hydrogens is 302 g/mol. The Kier molecular flexibility index (Phi) is 4.94. The van der Waals surface area contributed by atoms with Crippen LogP contribution < -0.4 is 5.32 Å². The lowest BCUT2D eigenvalue weighted by Crippen LogP contribution is -2.25. The summed E-state index contributed by atoms with van der Waals surface area (Å²) in [7, 11) is 0. The summed E-state index contributed by atoms with van der Waals surface area (Å²) in [5.41, 5.74) is 0.349. The fourth-order valence-corrected chi connectivity index (χ4v) is 1.77. The van der Waals surface area contributed by atoms with Gasteiger partial charge in [0.25, 0.3) is 0 Å². The van der Waals surface area contributed by atoms with E-state index in [1.54, 1.807) is 19.1 Å². The zero-order chi connectivity index (χ0) is 13.1. The highest BCUT2D eigenvalue weighted by molar-refractivity contribution is 9.10. The predicted molar refractivity (Wildman–Crippen MR) is 61.2 cm³/mol. The van der Waals surface area contributed by atoms with Crippen LogP contribution in [0.4, 0.5) is 17.6 Å². The van der Waals surface area contributed by atoms with E-state index in [0.29, 0.717) is 10.0 Å². The van der Waals surface area contributed by atoms with Crippen LogP contribution in [0.15, 0.2) is 22.7 Å². The summed E-state index contributed by atoms with van der Waals surface area (Å²) in [6.07, 6.45) is -5.12. The molecule has 0 aliphatic carbocycles. The first kappa shape index (κ1) is 14.4. The van der Waals surface area contributed by atoms with Crippen LogP contribution in [0.3, 0.4) is 0 Å². The van der Waals surface area contributed by atoms with Crippen LogP contribution >= 0.6 is 15.9 Å². The van der Waals surface area contributed by atoms with Gasteiger partial charge in [-0.15, -0.1) is 0 Å². The van der Waals surface area contributed by atoms with Gasteiger partial charge in [-0.1, -0.05) is 15.9 Å². The van der Waals surface area contributed by atoms with E-state index < -0.39 is 24.5 Å². The molecule has 0 bridgehead atoms. The van der Waals surface area contributed by atoms with Gasteiger partial charge in [0.1, 0.15) is 5.82 Å². The molecule has 6 heteroatoms. The van der Waals surface area contributed by atoms with E-state index >= 15 is 0 Å². The Hall–Kier alpha value is -0.620. The molecule has 17 heavy (non-hydrogen) atoms. The van der Waals surface area contributed by atoms with E-state index in [2.05, 4.69) is 21.2 Å². The van der Waals surface area contributed by atoms with Crippen LogP contribution in [0.25, 0.3) is 0 Å². The largest absolute Gasteiger partial charge is 0.390 e. The molecule has 0 aromatic heterocycles. The molecule has 0 radical (unpaired) electrons. The summed E-state index contributed by atoms with van der Waals surface area (Å²) in [5, 5.41) is 2.64. The Labute approximate surface area is 105 Å². The summed E-state index contributed by atoms with van der Waals surface area (Å²) in [5.74, 6) is -0.430. The molecule has 96 valence electrons. The van der Waals surface area contributed by atoms with Crippen LogP contribution in [0.5, 0.6) is 0 Å². The SMILES string of the molecule is CC(NCCC(F)(F)F)c1cc(Br)ccc1F. The third kappa shape index (κ3) is 5.04. The zero-order valence-corrected chi connectivity index (χ0v) is 10.7. The van der Waals surface area contributed by atoms with Crippen LogP contribution in [-0.4, -0.2) is 12.7 Å². The van der Waals surface area contributed by atoms with Gasteiger partial charge in [-0.2, -0.15) is 13.2 Å². The first-order valence-electron chi connectivity index (χ1n) is 5.04. The molecule has 1 nitrogen and oxygen atoms in total. The molecule has 0 aliphatic heterocycles. The van der Waals surface area contributed by atoms with Crippen molar-refractivity contribution in [2.75, 3.05) is 6.54 Å². The van der Waals surface area contributed by atoms with E-state index in [9.17, 15) is 17.6 Å². The molecule has 1 N–H and O–H groups in total. The highest BCUT2D eigenvalue weighted by atomic mass is 79.9. The third-order valence-electron chi connectivity index (χ3n) is 2.28. The molecule has 0 spiro atoms. The zero-order valence-electron chi connectivity index (χ0n) is 9.11. The van der Waals surface area contributed by atoms with Crippen molar-refractivity contribution in [2.45, 2.75) is 25.6 Å². The Bertz CT molecular complexity index is 378. The Morgan fingerprint density at radius 1 is 1.35 bits per heavy atom. The number of hydrogen-bond acceptors (Lipinski definition) is 1. The van der Waals surface area contributed by atoms with Crippen molar-refractivity contribution in [3.63, 3.8) is 0 Å². The number of halogens is 5. The lowest BCUT2D eigenvalue weighted by molar-refractivity contribution is -0.133. The Morgan fingerprint density at radius 2 is 2.00 bits per heavy atom. The van der Waals surface area contributed by atoms with Gasteiger partial charge in [-0.3, -0.25) is 0 Å². The molecule has 0 saturated carbocycles. The van der Waals surface area contributed by atoms with Crippen molar-refractivity contribution in [3.05, 3.63) is 34.1 Å². The quantitative estimate of drug-likeness (QED) is 0.822. The minimum Gasteiger partial charge on any atom is -0.310 e. The number of rotatable bonds is 4. The van der Waals surface area contributed by atoms with E-state index in [-0.39, 0.29) is 6.54 Å². The van der Waals surface area contributed by atoms with Gasteiger partial charge in [0.2, 0.25) is 0 Å². The van der Waals surface area contributed by atoms with Crippen molar-refractivity contribution in [1.82, 2.24) is 5.32 Å². The van der Waals surface area contributed by atoms with Gasteiger partial charge in [0.15, 0.2) is 0 Å². The van der Waals surface area contributed by atoms with E-state index in [1.165, 1.54) is 6.07 Å². The molecule has 0 saturated heterocycles. The maximum absolute atomic E-state index is 13.4. The predicted octanol–water partition coefficient (Wildman–Crippen LogP) is 4.19. The molecule has 0 aliphatic rings. The smallest absolute Gasteiger partial charge is 0.310 e. The summed E-state index contributed by atoms with van der Waals surface area (Å²) in [6.45, 7) is 1.40. The minimum absolute atomic E-state index is 0.226. The van der Waals surface area contributed by atoms with Gasteiger partial charge in [0.05, 0.1) is 6.42 Å². The highest BCUT2D eigenvalue weighted by Crippen LogP contribution is 2.23. The number of nitrogens with one attached hydrogen (secondary N) is 1. The maximum Gasteiger partial charge on any atom is 0.390 e. The van der Waals surface area contributed by atoms with Gasteiger partial charge >= 0.3 is 6.18 Å². The molecule has 0 heterocycles. The lowest BCUT2D eigenvalue weighted by Gasteiger charge is -2.16. The van der Waals surface area contributed by atoms with Crippen LogP contribution in [0.2, 0.25) is 0 Å². The van der Waals surface area contributed by atoms with Crippen molar-refractivity contribution in [2.24, 2.45) is 0 Å². The van der Waals surface area contributed by atoms with E-state index in [1.807, 2.05) is 0 Å². The molecule has 1 rings (SSSR count). The second-order valence-corrected chi connectivity index (χ2v) is 4.62. The first-order valence-corrected chi connectivity index (χ1v) is 5.84.